The van der Waals surface area contributed by atoms with Crippen LogP contribution >= 0.6 is 0 Å². The van der Waals surface area contributed by atoms with Gasteiger partial charge in [-0.1, -0.05) is 12.1 Å². The summed E-state index contributed by atoms with van der Waals surface area (Å²) in [6.07, 6.45) is -3.06. The largest absolute Gasteiger partial charge is 0.497 e. The van der Waals surface area contributed by atoms with Gasteiger partial charge in [0.2, 0.25) is 0 Å². The predicted molar refractivity (Wildman–Crippen MR) is 80.8 cm³/mol. The molecule has 0 radical (unpaired) electrons. The molecule has 23 heavy (non-hydrogen) atoms. The minimum atomic E-state index is -0.880. The van der Waals surface area contributed by atoms with E-state index in [4.69, 9.17) is 29.4 Å². The minimum absolute atomic E-state index is 0.300. The van der Waals surface area contributed by atoms with Gasteiger partial charge in [-0.25, -0.2) is 0 Å². The molecule has 7 nitrogen and oxygen atoms in total. The maximum atomic E-state index is 10.4. The zero-order valence-corrected chi connectivity index (χ0v) is 13.3. The van der Waals surface area contributed by atoms with E-state index < -0.39 is 36.9 Å². The van der Waals surface area contributed by atoms with Crippen LogP contribution in [0.15, 0.2) is 24.3 Å². The molecule has 0 spiro atoms. The quantitative estimate of drug-likeness (QED) is 0.835. The van der Waals surface area contributed by atoms with E-state index in [-0.39, 0.29) is 0 Å². The summed E-state index contributed by atoms with van der Waals surface area (Å²) in [7, 11) is 1.61. The summed E-state index contributed by atoms with van der Waals surface area (Å²) < 4.78 is 27.9. The molecule has 2 saturated heterocycles. The van der Waals surface area contributed by atoms with Crippen LogP contribution in [0.5, 0.6) is 5.75 Å². The van der Waals surface area contributed by atoms with E-state index in [1.54, 1.807) is 7.11 Å². The van der Waals surface area contributed by atoms with Crippen LogP contribution in [0.2, 0.25) is 0 Å². The highest BCUT2D eigenvalue weighted by atomic mass is 16.7. The zero-order chi connectivity index (χ0) is 16.4. The third-order valence-corrected chi connectivity index (χ3v) is 4.13. The highest BCUT2D eigenvalue weighted by molar-refractivity contribution is 5.28. The van der Waals surface area contributed by atoms with E-state index in [0.29, 0.717) is 13.2 Å². The number of methoxy groups -OCH3 is 1. The monoisotopic (exact) mass is 325 g/mol. The van der Waals surface area contributed by atoms with Gasteiger partial charge in [0, 0.05) is 12.2 Å². The third-order valence-electron chi connectivity index (χ3n) is 4.13. The van der Waals surface area contributed by atoms with Crippen LogP contribution in [0.25, 0.3) is 0 Å². The van der Waals surface area contributed by atoms with Gasteiger partial charge in [-0.05, 0) is 19.1 Å². The molecule has 2 aliphatic rings. The zero-order valence-electron chi connectivity index (χ0n) is 13.3. The highest BCUT2D eigenvalue weighted by Gasteiger charge is 2.48. The van der Waals surface area contributed by atoms with Gasteiger partial charge in [0.05, 0.1) is 19.8 Å². The molecule has 0 saturated carbocycles. The number of fused-ring (bicyclic) bond motifs is 1. The summed E-state index contributed by atoms with van der Waals surface area (Å²) >= 11 is 0. The summed E-state index contributed by atoms with van der Waals surface area (Å²) in [5.74, 6) is 0.755. The van der Waals surface area contributed by atoms with E-state index >= 15 is 0 Å². The number of hydrogen-bond donors (Lipinski definition) is 2. The standard InChI is InChI=1S/C16H23NO6/c1-3-20-16-12(17)13(18)14-11(22-16)8-21-15(23-14)9-4-6-10(19-2)7-5-9/h4-7,11-16,18H,3,8,17H2,1-2H3. The van der Waals surface area contributed by atoms with Crippen LogP contribution in [0, 0.1) is 0 Å². The van der Waals surface area contributed by atoms with E-state index in [9.17, 15) is 5.11 Å². The van der Waals surface area contributed by atoms with Gasteiger partial charge in [0.25, 0.3) is 0 Å². The number of benzene rings is 1. The number of aliphatic hydroxyl groups is 1. The van der Waals surface area contributed by atoms with Crippen molar-refractivity contribution in [1.82, 2.24) is 0 Å². The van der Waals surface area contributed by atoms with Gasteiger partial charge in [-0.2, -0.15) is 0 Å². The lowest BCUT2D eigenvalue weighted by molar-refractivity contribution is -0.341. The second-order valence-corrected chi connectivity index (χ2v) is 5.61. The average molecular weight is 325 g/mol. The molecule has 0 bridgehead atoms. The first kappa shape index (κ1) is 16.6. The lowest BCUT2D eigenvalue weighted by atomic mass is 9.96. The van der Waals surface area contributed by atoms with Crippen molar-refractivity contribution >= 4 is 0 Å². The second-order valence-electron chi connectivity index (χ2n) is 5.61. The molecule has 6 atom stereocenters. The first-order valence-corrected chi connectivity index (χ1v) is 7.75. The fourth-order valence-electron chi connectivity index (χ4n) is 2.86. The fraction of sp³-hybridized carbons (Fsp3) is 0.625. The molecule has 2 heterocycles. The van der Waals surface area contributed by atoms with Crippen molar-refractivity contribution in [2.24, 2.45) is 5.73 Å². The van der Waals surface area contributed by atoms with Crippen molar-refractivity contribution in [2.45, 2.75) is 43.9 Å². The predicted octanol–water partition coefficient (Wildman–Crippen LogP) is 0.559. The van der Waals surface area contributed by atoms with Crippen molar-refractivity contribution in [1.29, 1.82) is 0 Å². The van der Waals surface area contributed by atoms with Crippen molar-refractivity contribution < 1.29 is 28.8 Å². The number of hydrogen-bond acceptors (Lipinski definition) is 7. The first-order valence-electron chi connectivity index (χ1n) is 7.75. The van der Waals surface area contributed by atoms with E-state index in [1.807, 2.05) is 31.2 Å². The summed E-state index contributed by atoms with van der Waals surface area (Å²) in [4.78, 5) is 0. The molecule has 2 aliphatic heterocycles. The van der Waals surface area contributed by atoms with Gasteiger partial charge in [-0.3, -0.25) is 0 Å². The number of nitrogens with two attached hydrogens (primary N) is 1. The van der Waals surface area contributed by atoms with E-state index in [2.05, 4.69) is 0 Å². The first-order chi connectivity index (χ1) is 11.1. The van der Waals surface area contributed by atoms with E-state index in [1.165, 1.54) is 0 Å². The Kier molecular flexibility index (Phi) is 5.15. The summed E-state index contributed by atoms with van der Waals surface area (Å²) in [6, 6.07) is 6.73. The van der Waals surface area contributed by atoms with Crippen LogP contribution in [0.1, 0.15) is 18.8 Å². The average Bonchev–Trinajstić information content (AvgIpc) is 2.59. The SMILES string of the molecule is CCOC1OC2COC(c3ccc(OC)cc3)OC2C(O)C1N. The Morgan fingerprint density at radius 3 is 2.65 bits per heavy atom. The molecule has 6 unspecified atom stereocenters. The molecule has 2 fully saturated rings. The van der Waals surface area contributed by atoms with Crippen molar-refractivity contribution in [3.63, 3.8) is 0 Å². The van der Waals surface area contributed by atoms with Crippen LogP contribution in [0.3, 0.4) is 0 Å². The van der Waals surface area contributed by atoms with E-state index in [0.717, 1.165) is 11.3 Å². The van der Waals surface area contributed by atoms with Gasteiger partial charge in [-0.15, -0.1) is 0 Å². The second kappa shape index (κ2) is 7.12. The number of rotatable bonds is 4. The van der Waals surface area contributed by atoms with Gasteiger partial charge >= 0.3 is 0 Å². The Labute approximate surface area is 135 Å². The molecule has 3 rings (SSSR count). The maximum absolute atomic E-state index is 10.4. The normalized spacial score (nSPS) is 37.2. The van der Waals surface area contributed by atoms with Crippen molar-refractivity contribution in [3.8, 4) is 5.75 Å². The third kappa shape index (κ3) is 3.35. The Morgan fingerprint density at radius 2 is 2.00 bits per heavy atom. The highest BCUT2D eigenvalue weighted by Crippen LogP contribution is 2.34. The molecule has 128 valence electrons. The van der Waals surface area contributed by atoms with Gasteiger partial charge in [0.15, 0.2) is 12.6 Å². The van der Waals surface area contributed by atoms with Crippen LogP contribution in [-0.2, 0) is 18.9 Å². The topological polar surface area (TPSA) is 92.4 Å². The number of aliphatic hydroxyl groups excluding tert-OH is 1. The lowest BCUT2D eigenvalue weighted by Crippen LogP contribution is -2.64. The molecule has 0 amide bonds. The molecule has 7 heteroatoms. The summed E-state index contributed by atoms with van der Waals surface area (Å²) in [5.41, 5.74) is 6.84. The summed E-state index contributed by atoms with van der Waals surface area (Å²) in [5, 5.41) is 10.4. The Morgan fingerprint density at radius 1 is 1.26 bits per heavy atom. The van der Waals surface area contributed by atoms with Crippen molar-refractivity contribution in [2.75, 3.05) is 20.3 Å². The molecular formula is C16H23NO6. The molecule has 0 aliphatic carbocycles. The maximum Gasteiger partial charge on any atom is 0.184 e. The van der Waals surface area contributed by atoms with Gasteiger partial charge < -0.3 is 34.5 Å². The molecule has 1 aromatic carbocycles. The summed E-state index contributed by atoms with van der Waals surface area (Å²) in [6.45, 7) is 2.61. The lowest BCUT2D eigenvalue weighted by Gasteiger charge is -2.46. The fourth-order valence-corrected chi connectivity index (χ4v) is 2.86. The minimum Gasteiger partial charge on any atom is -0.497 e. The molecular weight excluding hydrogens is 302 g/mol. The smallest absolute Gasteiger partial charge is 0.184 e. The van der Waals surface area contributed by atoms with Crippen molar-refractivity contribution in [3.05, 3.63) is 29.8 Å². The van der Waals surface area contributed by atoms with Gasteiger partial charge in [0.1, 0.15) is 24.1 Å². The Balaban J connectivity index is 1.69. The number of ether oxygens (including phenoxy) is 5. The van der Waals surface area contributed by atoms with Crippen LogP contribution in [-0.4, -0.2) is 56.1 Å². The molecule has 1 aromatic rings. The Bertz CT molecular complexity index is 508. The van der Waals surface area contributed by atoms with Crippen LogP contribution in [0.4, 0.5) is 0 Å². The molecule has 3 N–H and O–H groups in total. The molecule has 0 aromatic heterocycles. The van der Waals surface area contributed by atoms with Crippen LogP contribution < -0.4 is 10.5 Å². The Hall–Kier alpha value is -1.22.